The van der Waals surface area contributed by atoms with Gasteiger partial charge in [0.25, 0.3) is 11.1 Å². The molecule has 2 heterocycles. The number of aryl methyl sites for hydroxylation is 2. The number of nitrogens with one attached hydrogen (secondary N) is 1. The van der Waals surface area contributed by atoms with E-state index in [-0.39, 0.29) is 29.3 Å². The second kappa shape index (κ2) is 8.75. The van der Waals surface area contributed by atoms with Crippen molar-refractivity contribution in [1.29, 1.82) is 0 Å². The van der Waals surface area contributed by atoms with Gasteiger partial charge in [-0.05, 0) is 32.0 Å². The van der Waals surface area contributed by atoms with Gasteiger partial charge >= 0.3 is 0 Å². The number of furan rings is 1. The molecule has 0 fully saturated rings. The van der Waals surface area contributed by atoms with Crippen molar-refractivity contribution in [3.63, 3.8) is 0 Å². The predicted molar refractivity (Wildman–Crippen MR) is 105 cm³/mol. The summed E-state index contributed by atoms with van der Waals surface area (Å²) in [5, 5.41) is 10.9. The van der Waals surface area contributed by atoms with Gasteiger partial charge < -0.3 is 19.1 Å². The van der Waals surface area contributed by atoms with Crippen LogP contribution in [-0.4, -0.2) is 46.3 Å². The molecule has 0 aliphatic heterocycles. The lowest BCUT2D eigenvalue weighted by Crippen LogP contribution is -2.35. The lowest BCUT2D eigenvalue weighted by Gasteiger charge is -2.16. The zero-order valence-corrected chi connectivity index (χ0v) is 16.6. The molecule has 2 amide bonds. The predicted octanol–water partition coefficient (Wildman–Crippen LogP) is 3.14. The normalized spacial score (nSPS) is 10.7. The molecule has 8 nitrogen and oxygen atoms in total. The van der Waals surface area contributed by atoms with Gasteiger partial charge in [0.05, 0.1) is 24.1 Å². The summed E-state index contributed by atoms with van der Waals surface area (Å²) in [6, 6.07) is 9.19. The number of carbonyl (C=O) groups excluding carboxylic acids is 2. The van der Waals surface area contributed by atoms with Crippen molar-refractivity contribution in [1.82, 2.24) is 15.1 Å². The number of aromatic nitrogens is 2. The Bertz CT molecular complexity index is 964. The number of carbonyl (C=O) groups is 2. The lowest BCUT2D eigenvalue weighted by molar-refractivity contribution is -0.131. The van der Waals surface area contributed by atoms with E-state index < -0.39 is 0 Å². The van der Waals surface area contributed by atoms with Crippen LogP contribution in [0.2, 0.25) is 0 Å². The molecule has 0 saturated heterocycles. The van der Waals surface area contributed by atoms with Gasteiger partial charge in [-0.2, -0.15) is 0 Å². The van der Waals surface area contributed by atoms with E-state index in [0.29, 0.717) is 17.3 Å². The van der Waals surface area contributed by atoms with Gasteiger partial charge in [0.15, 0.2) is 0 Å². The largest absolute Gasteiger partial charge is 0.469 e. The summed E-state index contributed by atoms with van der Waals surface area (Å²) in [7, 11) is 1.58. The van der Waals surface area contributed by atoms with E-state index in [2.05, 4.69) is 15.5 Å². The van der Waals surface area contributed by atoms with E-state index in [4.69, 9.17) is 8.83 Å². The van der Waals surface area contributed by atoms with E-state index in [9.17, 15) is 9.59 Å². The van der Waals surface area contributed by atoms with Crippen LogP contribution in [0, 0.1) is 13.8 Å². The molecule has 3 rings (SSSR count). The Kier molecular flexibility index (Phi) is 6.15. The Morgan fingerprint density at radius 3 is 2.57 bits per heavy atom. The van der Waals surface area contributed by atoms with Crippen molar-refractivity contribution in [2.45, 2.75) is 19.1 Å². The third-order valence-corrected chi connectivity index (χ3v) is 4.76. The van der Waals surface area contributed by atoms with Gasteiger partial charge in [-0.3, -0.25) is 9.59 Å². The highest BCUT2D eigenvalue weighted by atomic mass is 32.2. The van der Waals surface area contributed by atoms with Crippen molar-refractivity contribution in [2.24, 2.45) is 0 Å². The molecule has 0 aliphatic carbocycles. The lowest BCUT2D eigenvalue weighted by atomic mass is 10.2. The maximum atomic E-state index is 12.3. The average Bonchev–Trinajstić information content (AvgIpc) is 3.30. The summed E-state index contributed by atoms with van der Waals surface area (Å²) in [5.74, 6) is 0.617. The molecule has 0 radical (unpaired) electrons. The van der Waals surface area contributed by atoms with Gasteiger partial charge in [0.2, 0.25) is 11.8 Å². The summed E-state index contributed by atoms with van der Waals surface area (Å²) in [6.07, 6.45) is 1.54. The fourth-order valence-corrected chi connectivity index (χ4v) is 3.06. The molecule has 28 heavy (non-hydrogen) atoms. The molecule has 9 heteroatoms. The Morgan fingerprint density at radius 2 is 1.89 bits per heavy atom. The molecular formula is C19H20N4O4S. The molecule has 3 aromatic rings. The molecule has 0 saturated carbocycles. The van der Waals surface area contributed by atoms with Gasteiger partial charge in [-0.15, -0.1) is 10.2 Å². The zero-order valence-electron chi connectivity index (χ0n) is 15.8. The number of likely N-dealkylation sites (N-methyl/N-ethyl adjacent to an activating group) is 1. The highest BCUT2D eigenvalue weighted by molar-refractivity contribution is 7.99. The quantitative estimate of drug-likeness (QED) is 0.608. The molecule has 1 aromatic carbocycles. The van der Waals surface area contributed by atoms with Crippen LogP contribution in [0.3, 0.4) is 0 Å². The highest BCUT2D eigenvalue weighted by Crippen LogP contribution is 2.26. The molecule has 0 unspecified atom stereocenters. The number of hydrogen-bond donors (Lipinski definition) is 1. The molecule has 0 spiro atoms. The van der Waals surface area contributed by atoms with Crippen molar-refractivity contribution in [2.75, 3.05) is 24.7 Å². The highest BCUT2D eigenvalue weighted by Gasteiger charge is 2.17. The topological polar surface area (TPSA) is 101 Å². The van der Waals surface area contributed by atoms with Crippen molar-refractivity contribution in [3.8, 4) is 11.5 Å². The summed E-state index contributed by atoms with van der Waals surface area (Å²) in [4.78, 5) is 25.7. The van der Waals surface area contributed by atoms with Crippen molar-refractivity contribution >= 4 is 29.3 Å². The van der Waals surface area contributed by atoms with Crippen LogP contribution in [0.1, 0.15) is 11.3 Å². The first-order valence-electron chi connectivity index (χ1n) is 8.53. The van der Waals surface area contributed by atoms with Crippen LogP contribution < -0.4 is 5.32 Å². The summed E-state index contributed by atoms with van der Waals surface area (Å²) >= 11 is 1.12. The third kappa shape index (κ3) is 5.01. The number of amides is 2. The number of anilines is 1. The number of thioether (sulfide) groups is 1. The van der Waals surface area contributed by atoms with Gasteiger partial charge in [0.1, 0.15) is 5.76 Å². The smallest absolute Gasteiger partial charge is 0.277 e. The summed E-state index contributed by atoms with van der Waals surface area (Å²) in [6.45, 7) is 3.72. The van der Waals surface area contributed by atoms with Crippen LogP contribution in [0.15, 0.2) is 50.7 Å². The molecule has 146 valence electrons. The van der Waals surface area contributed by atoms with Crippen molar-refractivity contribution in [3.05, 3.63) is 47.9 Å². The van der Waals surface area contributed by atoms with E-state index in [1.54, 1.807) is 26.3 Å². The number of rotatable bonds is 7. The minimum absolute atomic E-state index is 0.0451. The third-order valence-electron chi connectivity index (χ3n) is 3.96. The second-order valence-electron chi connectivity index (χ2n) is 6.22. The van der Waals surface area contributed by atoms with E-state index >= 15 is 0 Å². The molecule has 2 aromatic heterocycles. The summed E-state index contributed by atoms with van der Waals surface area (Å²) in [5.41, 5.74) is 2.52. The Balaban J connectivity index is 1.48. The molecule has 1 N–H and O–H groups in total. The fourth-order valence-electron chi connectivity index (χ4n) is 2.36. The Hall–Kier alpha value is -3.07. The van der Waals surface area contributed by atoms with Crippen LogP contribution in [0.4, 0.5) is 5.69 Å². The standard InChI is InChI=1S/C19H20N4O4S/c1-12-4-6-14(7-5-12)20-16(24)10-23(3)17(25)11-28-19-22-21-18(27-19)15-8-9-26-13(15)2/h4-9H,10-11H2,1-3H3,(H,20,24). The van der Waals surface area contributed by atoms with Crippen molar-refractivity contribution < 1.29 is 18.4 Å². The fraction of sp³-hybridized carbons (Fsp3) is 0.263. The maximum Gasteiger partial charge on any atom is 0.277 e. The van der Waals surface area contributed by atoms with E-state index in [0.717, 1.165) is 22.9 Å². The molecule has 0 atom stereocenters. The first kappa shape index (κ1) is 19.7. The first-order valence-corrected chi connectivity index (χ1v) is 9.52. The van der Waals surface area contributed by atoms with E-state index in [1.807, 2.05) is 31.2 Å². The molecule has 0 bridgehead atoms. The Morgan fingerprint density at radius 1 is 1.14 bits per heavy atom. The van der Waals surface area contributed by atoms with Crippen LogP contribution in [0.5, 0.6) is 0 Å². The minimum Gasteiger partial charge on any atom is -0.469 e. The number of hydrogen-bond acceptors (Lipinski definition) is 7. The van der Waals surface area contributed by atoms with Crippen LogP contribution in [-0.2, 0) is 9.59 Å². The molecular weight excluding hydrogens is 380 g/mol. The van der Waals surface area contributed by atoms with Gasteiger partial charge in [-0.25, -0.2) is 0 Å². The SMILES string of the molecule is Cc1ccc(NC(=O)CN(C)C(=O)CSc2nnc(-c3ccoc3C)o2)cc1. The average molecular weight is 400 g/mol. The second-order valence-corrected chi connectivity index (χ2v) is 7.14. The Labute approximate surface area is 166 Å². The monoisotopic (exact) mass is 400 g/mol. The summed E-state index contributed by atoms with van der Waals surface area (Å²) < 4.78 is 10.7. The minimum atomic E-state index is -0.264. The zero-order chi connectivity index (χ0) is 20.1. The first-order chi connectivity index (χ1) is 13.4. The maximum absolute atomic E-state index is 12.3. The van der Waals surface area contributed by atoms with Gasteiger partial charge in [0, 0.05) is 12.7 Å². The number of nitrogens with zero attached hydrogens (tertiary/aromatic N) is 3. The number of benzene rings is 1. The van der Waals surface area contributed by atoms with Gasteiger partial charge in [-0.1, -0.05) is 29.5 Å². The van der Waals surface area contributed by atoms with Crippen LogP contribution in [0.25, 0.3) is 11.5 Å². The molecule has 0 aliphatic rings. The van der Waals surface area contributed by atoms with Crippen LogP contribution >= 0.6 is 11.8 Å². The van der Waals surface area contributed by atoms with E-state index in [1.165, 1.54) is 4.90 Å².